The van der Waals surface area contributed by atoms with Crippen LogP contribution < -0.4 is 0 Å². The molecule has 0 N–H and O–H groups in total. The van der Waals surface area contributed by atoms with Crippen LogP contribution in [0.2, 0.25) is 16.6 Å². The number of ether oxygens (including phenoxy) is 2. The molecule has 0 unspecified atom stereocenters. The van der Waals surface area contributed by atoms with Crippen molar-refractivity contribution in [3.63, 3.8) is 0 Å². The van der Waals surface area contributed by atoms with E-state index < -0.39 is 49.1 Å². The van der Waals surface area contributed by atoms with Gasteiger partial charge in [0.15, 0.2) is 5.41 Å². The largest absolute Gasteiger partial charge is 0.468 e. The van der Waals surface area contributed by atoms with Crippen molar-refractivity contribution in [1.29, 1.82) is 5.26 Å². The Morgan fingerprint density at radius 1 is 0.837 bits per heavy atom. The van der Waals surface area contributed by atoms with Crippen LogP contribution in [-0.2, 0) is 29.1 Å². The Hall–Kier alpha value is -3.81. The monoisotopic (exact) mass is 604 g/mol. The molecule has 0 radical (unpaired) electrons. The Balaban J connectivity index is 2.08. The van der Waals surface area contributed by atoms with Crippen molar-refractivity contribution in [3.8, 4) is 6.07 Å². The van der Waals surface area contributed by atoms with Crippen LogP contribution >= 0.6 is 0 Å². The lowest BCUT2D eigenvalue weighted by Gasteiger charge is -2.52. The highest BCUT2D eigenvalue weighted by atomic mass is 28.4. The van der Waals surface area contributed by atoms with Crippen LogP contribution in [0.1, 0.15) is 86.2 Å². The molecule has 1 heterocycles. The maximum atomic E-state index is 14.2. The van der Waals surface area contributed by atoms with Gasteiger partial charge in [-0.15, -0.1) is 0 Å². The van der Waals surface area contributed by atoms with Gasteiger partial charge in [0.1, 0.15) is 5.60 Å². The summed E-state index contributed by atoms with van der Waals surface area (Å²) in [6, 6.07) is 14.4. The lowest BCUT2D eigenvalue weighted by atomic mass is 9.70. The molecule has 2 aliphatic rings. The number of benzene rings is 2. The van der Waals surface area contributed by atoms with E-state index in [1.54, 1.807) is 48.5 Å². The number of rotatable bonds is 9. The third kappa shape index (κ3) is 4.61. The normalized spacial score (nSPS) is 21.3. The van der Waals surface area contributed by atoms with Gasteiger partial charge in [-0.05, 0) is 52.9 Å². The van der Waals surface area contributed by atoms with Crippen LogP contribution in [0.25, 0.3) is 0 Å². The van der Waals surface area contributed by atoms with Crippen molar-refractivity contribution in [2.45, 2.75) is 82.7 Å². The molecule has 1 fully saturated rings. The molecular formula is C33H40N2O7Si. The van der Waals surface area contributed by atoms with Crippen molar-refractivity contribution >= 4 is 32.1 Å². The average Bonchev–Trinajstić information content (AvgIpc) is 3.46. The number of nitrogens with zero attached hydrogens (tertiary/aromatic N) is 2. The van der Waals surface area contributed by atoms with Crippen molar-refractivity contribution in [3.05, 3.63) is 70.8 Å². The molecule has 2 amide bonds. The minimum atomic E-state index is -2.91. The highest BCUT2D eigenvalue weighted by Crippen LogP contribution is 2.62. The van der Waals surface area contributed by atoms with E-state index >= 15 is 0 Å². The van der Waals surface area contributed by atoms with E-state index in [-0.39, 0.29) is 40.6 Å². The molecule has 1 saturated carbocycles. The highest BCUT2D eigenvalue weighted by molar-refractivity contribution is 6.77. The second kappa shape index (κ2) is 11.7. The van der Waals surface area contributed by atoms with Crippen LogP contribution in [0, 0.1) is 16.7 Å². The molecule has 2 aromatic rings. The molecule has 0 saturated heterocycles. The van der Waals surface area contributed by atoms with E-state index in [0.717, 1.165) is 4.90 Å². The Bertz CT molecular complexity index is 1400. The third-order valence-electron chi connectivity index (χ3n) is 9.55. The Morgan fingerprint density at radius 3 is 1.70 bits per heavy atom. The van der Waals surface area contributed by atoms with E-state index in [2.05, 4.69) is 47.6 Å². The Kier molecular flexibility index (Phi) is 8.74. The van der Waals surface area contributed by atoms with Gasteiger partial charge in [-0.25, -0.2) is 0 Å². The summed E-state index contributed by atoms with van der Waals surface area (Å²) in [5.74, 6) is -2.74. The number of nitriles is 1. The number of carbonyl (C=O) groups excluding carboxylic acids is 4. The van der Waals surface area contributed by atoms with E-state index in [0.29, 0.717) is 11.1 Å². The maximum absolute atomic E-state index is 14.2. The molecule has 9 nitrogen and oxygen atoms in total. The summed E-state index contributed by atoms with van der Waals surface area (Å²) >= 11 is 0. The van der Waals surface area contributed by atoms with Crippen LogP contribution in [0.3, 0.4) is 0 Å². The Morgan fingerprint density at radius 2 is 1.30 bits per heavy atom. The first-order chi connectivity index (χ1) is 20.3. The zero-order valence-electron chi connectivity index (χ0n) is 26.1. The number of hydrogen-bond acceptors (Lipinski definition) is 8. The molecular weight excluding hydrogens is 564 g/mol. The minimum Gasteiger partial charge on any atom is -0.468 e. The molecule has 43 heavy (non-hydrogen) atoms. The number of fused-ring (bicyclic) bond motifs is 1. The van der Waals surface area contributed by atoms with E-state index in [1.165, 1.54) is 14.2 Å². The summed E-state index contributed by atoms with van der Waals surface area (Å²) in [7, 11) is -0.515. The van der Waals surface area contributed by atoms with Crippen LogP contribution in [0.5, 0.6) is 0 Å². The maximum Gasteiger partial charge on any atom is 0.326 e. The second-order valence-corrected chi connectivity index (χ2v) is 17.8. The molecule has 0 aromatic heterocycles. The first-order valence-electron chi connectivity index (χ1n) is 14.6. The molecule has 2 atom stereocenters. The highest BCUT2D eigenvalue weighted by Gasteiger charge is 2.74. The standard InChI is InChI=1S/C33H40N2O7Si/c1-20(2)43(21(3)4,22(5)6)42-33(24-15-13-23(19-34)14-16-24)18-25(17-32(33,30(38)40-7)31(39)41-8)35-28(36)26-11-9-10-12-27(26)29(35)37/h9-16,20-22,25H,17-18H2,1-8H3/t25-,33-/m0/s1. The van der Waals surface area contributed by atoms with Crippen molar-refractivity contribution in [1.82, 2.24) is 4.90 Å². The number of amides is 2. The lowest BCUT2D eigenvalue weighted by Crippen LogP contribution is -2.62. The molecule has 4 rings (SSSR count). The van der Waals surface area contributed by atoms with Crippen molar-refractivity contribution in [2.24, 2.45) is 5.41 Å². The fraction of sp³-hybridized carbons (Fsp3) is 0.485. The van der Waals surface area contributed by atoms with Gasteiger partial charge in [-0.3, -0.25) is 24.1 Å². The minimum absolute atomic E-state index is 0.0462. The van der Waals surface area contributed by atoms with Gasteiger partial charge in [0.25, 0.3) is 11.8 Å². The van der Waals surface area contributed by atoms with Gasteiger partial charge in [0.05, 0.1) is 37.0 Å². The summed E-state index contributed by atoms with van der Waals surface area (Å²) < 4.78 is 18.3. The molecule has 228 valence electrons. The van der Waals surface area contributed by atoms with Gasteiger partial charge in [0, 0.05) is 12.5 Å². The summed E-state index contributed by atoms with van der Waals surface area (Å²) in [5, 5.41) is 9.54. The lowest BCUT2D eigenvalue weighted by molar-refractivity contribution is -0.186. The second-order valence-electron chi connectivity index (χ2n) is 12.4. The number of imide groups is 1. The first kappa shape index (κ1) is 32.1. The molecule has 1 aliphatic heterocycles. The van der Waals surface area contributed by atoms with Crippen LogP contribution in [0.4, 0.5) is 0 Å². The Labute approximate surface area is 254 Å². The van der Waals surface area contributed by atoms with Crippen molar-refractivity contribution in [2.75, 3.05) is 14.2 Å². The fourth-order valence-corrected chi connectivity index (χ4v) is 13.5. The quantitative estimate of drug-likeness (QED) is 0.154. The van der Waals surface area contributed by atoms with Gasteiger partial charge < -0.3 is 13.9 Å². The molecule has 0 bridgehead atoms. The van der Waals surface area contributed by atoms with Crippen molar-refractivity contribution < 1.29 is 33.1 Å². The van der Waals surface area contributed by atoms with Gasteiger partial charge >= 0.3 is 11.9 Å². The number of carbonyl (C=O) groups is 4. The van der Waals surface area contributed by atoms with Gasteiger partial charge in [-0.2, -0.15) is 5.26 Å². The van der Waals surface area contributed by atoms with Crippen LogP contribution in [0.15, 0.2) is 48.5 Å². The topological polar surface area (TPSA) is 123 Å². The van der Waals surface area contributed by atoms with E-state index in [9.17, 15) is 24.4 Å². The average molecular weight is 605 g/mol. The van der Waals surface area contributed by atoms with E-state index in [4.69, 9.17) is 13.9 Å². The van der Waals surface area contributed by atoms with E-state index in [1.807, 2.05) is 0 Å². The smallest absolute Gasteiger partial charge is 0.326 e. The summed E-state index contributed by atoms with van der Waals surface area (Å²) in [6.07, 6.45) is -0.300. The SMILES string of the molecule is COC(=O)C1(C(=O)OC)C[C@H](N2C(=O)c3ccccc3C2=O)C[C@]1(O[Si](C(C)C)(C(C)C)C(C)C)c1ccc(C#N)cc1. The number of esters is 2. The predicted molar refractivity (Wildman–Crippen MR) is 161 cm³/mol. The first-order valence-corrected chi connectivity index (χ1v) is 16.8. The van der Waals surface area contributed by atoms with Gasteiger partial charge in [-0.1, -0.05) is 65.8 Å². The molecule has 1 aliphatic carbocycles. The summed E-state index contributed by atoms with van der Waals surface area (Å²) in [5.41, 5.74) is -2.22. The zero-order valence-corrected chi connectivity index (χ0v) is 27.1. The molecule has 0 spiro atoms. The molecule has 2 aromatic carbocycles. The predicted octanol–water partition coefficient (Wildman–Crippen LogP) is 5.74. The summed E-state index contributed by atoms with van der Waals surface area (Å²) in [6.45, 7) is 12.5. The fourth-order valence-electron chi connectivity index (χ4n) is 7.77. The van der Waals surface area contributed by atoms with Gasteiger partial charge in [0.2, 0.25) is 8.32 Å². The molecule has 10 heteroatoms. The number of hydrogen-bond donors (Lipinski definition) is 0. The summed E-state index contributed by atoms with van der Waals surface area (Å²) in [4.78, 5) is 56.9. The van der Waals surface area contributed by atoms with Crippen LogP contribution in [-0.4, -0.2) is 57.2 Å². The number of methoxy groups -OCH3 is 2. The zero-order chi connectivity index (χ0) is 31.9. The third-order valence-corrected chi connectivity index (χ3v) is 15.7.